The summed E-state index contributed by atoms with van der Waals surface area (Å²) in [6, 6.07) is 0. The Bertz CT molecular complexity index is 184. The van der Waals surface area contributed by atoms with Crippen LogP contribution in [0.4, 0.5) is 0 Å². The molecule has 0 spiro atoms. The zero-order valence-corrected chi connectivity index (χ0v) is 8.95. The number of carbonyl (C=O) groups is 2. The number of carbonyl (C=O) groups excluding carboxylic acids is 1. The van der Waals surface area contributed by atoms with Crippen LogP contribution in [0.5, 0.6) is 0 Å². The van der Waals surface area contributed by atoms with Crippen LogP contribution in [0.25, 0.3) is 0 Å². The molecule has 0 bridgehead atoms. The number of aliphatic carboxylic acids is 1. The summed E-state index contributed by atoms with van der Waals surface area (Å²) in [5.74, 6) is -1.87. The van der Waals surface area contributed by atoms with Gasteiger partial charge in [-0.3, -0.25) is 9.59 Å². The molecule has 0 rings (SSSR count). The summed E-state index contributed by atoms with van der Waals surface area (Å²) in [4.78, 5) is 21.5. The van der Waals surface area contributed by atoms with Crippen molar-refractivity contribution in [2.45, 2.75) is 27.2 Å². The summed E-state index contributed by atoms with van der Waals surface area (Å²) >= 11 is 0. The molecule has 14 heavy (non-hydrogen) atoms. The molecule has 0 heterocycles. The molecule has 0 aromatic rings. The van der Waals surface area contributed by atoms with Crippen molar-refractivity contribution in [3.05, 3.63) is 0 Å². The number of ketones is 1. The van der Waals surface area contributed by atoms with Gasteiger partial charge in [0.2, 0.25) is 0 Å². The second-order valence-corrected chi connectivity index (χ2v) is 3.76. The van der Waals surface area contributed by atoms with Crippen molar-refractivity contribution in [3.63, 3.8) is 0 Å². The van der Waals surface area contributed by atoms with Crippen molar-refractivity contribution >= 4 is 11.8 Å². The first kappa shape index (κ1) is 13.1. The summed E-state index contributed by atoms with van der Waals surface area (Å²) in [6.45, 7) is 6.25. The first-order chi connectivity index (χ1) is 6.45. The minimum Gasteiger partial charge on any atom is -0.481 e. The average Bonchev–Trinajstić information content (AvgIpc) is 2.01. The molecule has 0 aliphatic rings. The molecule has 0 aliphatic heterocycles. The highest BCUT2D eigenvalue weighted by atomic mass is 16.5. The van der Waals surface area contributed by atoms with E-state index >= 15 is 0 Å². The lowest BCUT2D eigenvalue weighted by atomic mass is 10.0. The second-order valence-electron chi connectivity index (χ2n) is 3.76. The predicted molar refractivity (Wildman–Crippen MR) is 52.1 cm³/mol. The van der Waals surface area contributed by atoms with Crippen molar-refractivity contribution < 1.29 is 19.4 Å². The van der Waals surface area contributed by atoms with Gasteiger partial charge in [-0.25, -0.2) is 0 Å². The van der Waals surface area contributed by atoms with Gasteiger partial charge in [0.05, 0.1) is 0 Å². The smallest absolute Gasteiger partial charge is 0.314 e. The number of ether oxygens (including phenoxy) is 1. The van der Waals surface area contributed by atoms with Crippen LogP contribution in [0.3, 0.4) is 0 Å². The number of carboxylic acid groups (broad SMARTS) is 1. The van der Waals surface area contributed by atoms with Crippen LogP contribution in [0, 0.1) is 11.8 Å². The topological polar surface area (TPSA) is 63.6 Å². The van der Waals surface area contributed by atoms with Crippen LogP contribution < -0.4 is 0 Å². The third-order valence-corrected chi connectivity index (χ3v) is 1.79. The Kier molecular flexibility index (Phi) is 6.12. The first-order valence-electron chi connectivity index (χ1n) is 4.76. The molecular weight excluding hydrogens is 184 g/mol. The molecule has 4 heteroatoms. The number of carboxylic acids is 1. The van der Waals surface area contributed by atoms with E-state index in [0.717, 1.165) is 0 Å². The predicted octanol–water partition coefficient (Wildman–Crippen LogP) is 1.34. The normalized spacial score (nSPS) is 12.9. The quantitative estimate of drug-likeness (QED) is 0.500. The zero-order chi connectivity index (χ0) is 11.1. The van der Waals surface area contributed by atoms with Gasteiger partial charge in [0.1, 0.15) is 11.7 Å². The number of Topliss-reactive ketones (excluding diaryl/α,β-unsaturated/α-hetero) is 1. The fourth-order valence-corrected chi connectivity index (χ4v) is 1.02. The fraction of sp³-hybridized carbons (Fsp3) is 0.800. The molecule has 1 unspecified atom stereocenters. The van der Waals surface area contributed by atoms with E-state index in [9.17, 15) is 9.59 Å². The Morgan fingerprint density at radius 3 is 2.29 bits per heavy atom. The molecule has 1 atom stereocenters. The lowest BCUT2D eigenvalue weighted by Gasteiger charge is -2.10. The van der Waals surface area contributed by atoms with E-state index in [4.69, 9.17) is 9.84 Å². The van der Waals surface area contributed by atoms with Gasteiger partial charge in [-0.15, -0.1) is 0 Å². The van der Waals surface area contributed by atoms with Crippen LogP contribution in [0.2, 0.25) is 0 Å². The Labute approximate surface area is 84.3 Å². The highest BCUT2D eigenvalue weighted by molar-refractivity contribution is 5.96. The lowest BCUT2D eigenvalue weighted by molar-refractivity contribution is -0.146. The van der Waals surface area contributed by atoms with Crippen molar-refractivity contribution in [3.8, 4) is 0 Å². The van der Waals surface area contributed by atoms with E-state index in [-0.39, 0.29) is 12.2 Å². The van der Waals surface area contributed by atoms with Gasteiger partial charge >= 0.3 is 5.97 Å². The summed E-state index contributed by atoms with van der Waals surface area (Å²) in [6.07, 6.45) is 0.261. The number of hydrogen-bond acceptors (Lipinski definition) is 3. The van der Waals surface area contributed by atoms with E-state index in [2.05, 4.69) is 0 Å². The maximum absolute atomic E-state index is 10.9. The molecule has 0 aliphatic carbocycles. The largest absolute Gasteiger partial charge is 0.481 e. The molecule has 0 saturated heterocycles. The standard InChI is InChI=1S/C10H18O4/c1-7(2)6-14-5-4-9(8(3)11)10(12)13/h7,9H,4-6H2,1-3H3,(H,12,13). The highest BCUT2D eigenvalue weighted by Crippen LogP contribution is 2.05. The average molecular weight is 202 g/mol. The van der Waals surface area contributed by atoms with Gasteiger partial charge in [-0.2, -0.15) is 0 Å². The van der Waals surface area contributed by atoms with Crippen molar-refractivity contribution in [1.82, 2.24) is 0 Å². The molecule has 1 N–H and O–H groups in total. The van der Waals surface area contributed by atoms with E-state index in [1.54, 1.807) is 0 Å². The molecule has 0 aromatic heterocycles. The van der Waals surface area contributed by atoms with Crippen molar-refractivity contribution in [2.75, 3.05) is 13.2 Å². The van der Waals surface area contributed by atoms with Crippen LogP contribution >= 0.6 is 0 Å². The zero-order valence-electron chi connectivity index (χ0n) is 8.95. The maximum atomic E-state index is 10.9. The van der Waals surface area contributed by atoms with E-state index in [0.29, 0.717) is 19.1 Å². The van der Waals surface area contributed by atoms with Crippen LogP contribution in [-0.2, 0) is 14.3 Å². The van der Waals surface area contributed by atoms with E-state index in [1.165, 1.54) is 6.92 Å². The van der Waals surface area contributed by atoms with Crippen molar-refractivity contribution in [1.29, 1.82) is 0 Å². The van der Waals surface area contributed by atoms with Gasteiger partial charge in [0.15, 0.2) is 0 Å². The summed E-state index contributed by atoms with van der Waals surface area (Å²) in [5, 5.41) is 8.68. The SMILES string of the molecule is CC(=O)C(CCOCC(C)C)C(=O)O. The molecule has 0 fully saturated rings. The molecule has 4 nitrogen and oxygen atoms in total. The highest BCUT2D eigenvalue weighted by Gasteiger charge is 2.21. The lowest BCUT2D eigenvalue weighted by Crippen LogP contribution is -2.23. The maximum Gasteiger partial charge on any atom is 0.314 e. The van der Waals surface area contributed by atoms with Crippen LogP contribution in [0.15, 0.2) is 0 Å². The molecule has 0 aromatic carbocycles. The van der Waals surface area contributed by atoms with Gasteiger partial charge < -0.3 is 9.84 Å². The Balaban J connectivity index is 3.73. The van der Waals surface area contributed by atoms with Gasteiger partial charge in [-0.1, -0.05) is 13.8 Å². The van der Waals surface area contributed by atoms with Gasteiger partial charge in [0, 0.05) is 13.2 Å². The first-order valence-corrected chi connectivity index (χ1v) is 4.76. The summed E-state index contributed by atoms with van der Waals surface area (Å²) in [5.41, 5.74) is 0. The second kappa shape index (κ2) is 6.54. The third-order valence-electron chi connectivity index (χ3n) is 1.79. The minimum absolute atomic E-state index is 0.261. The fourth-order valence-electron chi connectivity index (χ4n) is 1.02. The van der Waals surface area contributed by atoms with Crippen molar-refractivity contribution in [2.24, 2.45) is 11.8 Å². The summed E-state index contributed by atoms with van der Waals surface area (Å²) in [7, 11) is 0. The Morgan fingerprint density at radius 1 is 1.36 bits per heavy atom. The minimum atomic E-state index is -1.06. The molecule has 0 radical (unpaired) electrons. The number of hydrogen-bond donors (Lipinski definition) is 1. The van der Waals surface area contributed by atoms with Gasteiger partial charge in [0.25, 0.3) is 0 Å². The van der Waals surface area contributed by atoms with E-state index < -0.39 is 11.9 Å². The molecule has 82 valence electrons. The molecule has 0 amide bonds. The van der Waals surface area contributed by atoms with E-state index in [1.807, 2.05) is 13.8 Å². The molecule has 0 saturated carbocycles. The Morgan fingerprint density at radius 2 is 1.93 bits per heavy atom. The summed E-state index contributed by atoms with van der Waals surface area (Å²) < 4.78 is 5.21. The van der Waals surface area contributed by atoms with Crippen LogP contribution in [-0.4, -0.2) is 30.1 Å². The Hall–Kier alpha value is -0.900. The van der Waals surface area contributed by atoms with Crippen LogP contribution in [0.1, 0.15) is 27.2 Å². The monoisotopic (exact) mass is 202 g/mol. The third kappa shape index (κ3) is 5.70. The molecular formula is C10H18O4. The number of rotatable bonds is 7. The van der Waals surface area contributed by atoms with Gasteiger partial charge in [-0.05, 0) is 19.3 Å².